The Morgan fingerprint density at radius 3 is 2.28 bits per heavy atom. The second kappa shape index (κ2) is 14.0. The molecule has 0 aliphatic carbocycles. The van der Waals surface area contributed by atoms with Crippen LogP contribution in [0.5, 0.6) is 0 Å². The van der Waals surface area contributed by atoms with E-state index in [1.807, 2.05) is 19.0 Å². The normalized spacial score (nSPS) is 18.3. The van der Waals surface area contributed by atoms with Crippen LogP contribution >= 0.6 is 0 Å². The molecule has 3 aromatic rings. The Bertz CT molecular complexity index is 1610. The van der Waals surface area contributed by atoms with E-state index in [0.717, 1.165) is 54.7 Å². The van der Waals surface area contributed by atoms with Gasteiger partial charge in [0.2, 0.25) is 21.9 Å². The van der Waals surface area contributed by atoms with E-state index in [2.05, 4.69) is 25.1 Å². The molecule has 0 spiro atoms. The Morgan fingerprint density at radius 2 is 1.65 bits per heavy atom. The van der Waals surface area contributed by atoms with Gasteiger partial charge in [-0.05, 0) is 69.4 Å². The van der Waals surface area contributed by atoms with Crippen molar-refractivity contribution in [2.75, 3.05) is 64.8 Å². The van der Waals surface area contributed by atoms with E-state index < -0.39 is 39.5 Å². The summed E-state index contributed by atoms with van der Waals surface area (Å²) in [6, 6.07) is 9.82. The highest BCUT2D eigenvalue weighted by atomic mass is 32.2. The van der Waals surface area contributed by atoms with Gasteiger partial charge in [-0.15, -0.1) is 0 Å². The topological polar surface area (TPSA) is 102 Å². The third-order valence-corrected chi connectivity index (χ3v) is 10.1. The van der Waals surface area contributed by atoms with Crippen LogP contribution in [0.4, 0.5) is 23.5 Å². The summed E-state index contributed by atoms with van der Waals surface area (Å²) in [5.41, 5.74) is 0.512. The summed E-state index contributed by atoms with van der Waals surface area (Å²) in [6.45, 7) is 4.80. The summed E-state index contributed by atoms with van der Waals surface area (Å²) in [5.74, 6) is -0.676. The zero-order chi connectivity index (χ0) is 33.1. The minimum absolute atomic E-state index is 0.0499. The fourth-order valence-corrected chi connectivity index (χ4v) is 7.19. The van der Waals surface area contributed by atoms with Gasteiger partial charge in [0.25, 0.3) is 0 Å². The Morgan fingerprint density at radius 1 is 0.978 bits per heavy atom. The molecule has 1 N–H and O–H groups in total. The summed E-state index contributed by atoms with van der Waals surface area (Å²) >= 11 is 0. The molecule has 0 radical (unpaired) electrons. The smallest absolute Gasteiger partial charge is 0.349 e. The molecule has 0 bridgehead atoms. The van der Waals surface area contributed by atoms with Gasteiger partial charge < -0.3 is 15.1 Å². The number of carbonyl (C=O) groups is 1. The van der Waals surface area contributed by atoms with E-state index in [1.165, 1.54) is 24.3 Å². The first-order chi connectivity index (χ1) is 21.8. The summed E-state index contributed by atoms with van der Waals surface area (Å²) in [4.78, 5) is 29.1. The fourth-order valence-electron chi connectivity index (χ4n) is 5.53. The highest BCUT2D eigenvalue weighted by Crippen LogP contribution is 2.31. The van der Waals surface area contributed by atoms with E-state index in [4.69, 9.17) is 0 Å². The van der Waals surface area contributed by atoms with Gasteiger partial charge in [0, 0.05) is 51.4 Å². The number of hydrogen-bond acceptors (Lipinski definition) is 8. The fraction of sp³-hybridized carbons (Fsp3) is 0.452. The van der Waals surface area contributed by atoms with Crippen molar-refractivity contribution in [3.05, 3.63) is 71.7 Å². The van der Waals surface area contributed by atoms with Crippen LogP contribution in [-0.2, 0) is 27.5 Å². The molecule has 3 heterocycles. The number of halogens is 4. The molecule has 2 fully saturated rings. The van der Waals surface area contributed by atoms with E-state index in [0.29, 0.717) is 48.8 Å². The number of hydrogen-bond donors (Lipinski definition) is 1. The van der Waals surface area contributed by atoms with Gasteiger partial charge >= 0.3 is 6.18 Å². The summed E-state index contributed by atoms with van der Waals surface area (Å²) < 4.78 is 80.7. The maximum absolute atomic E-state index is 13.4. The Kier molecular flexibility index (Phi) is 10.2. The molecular formula is C31H37F4N7O3S. The molecule has 46 heavy (non-hydrogen) atoms. The quantitative estimate of drug-likeness (QED) is 0.330. The molecule has 1 aromatic heterocycles. The molecule has 10 nitrogen and oxygen atoms in total. The summed E-state index contributed by atoms with van der Waals surface area (Å²) in [7, 11) is 0.00192. The molecule has 2 aliphatic heterocycles. The number of anilines is 1. The lowest BCUT2D eigenvalue weighted by molar-refractivity contribution is -0.137. The Balaban J connectivity index is 1.35. The van der Waals surface area contributed by atoms with Crippen LogP contribution in [0.1, 0.15) is 24.1 Å². The average Bonchev–Trinajstić information content (AvgIpc) is 3.54. The number of benzene rings is 2. The molecule has 5 rings (SSSR count). The predicted octanol–water partition coefficient (Wildman–Crippen LogP) is 3.45. The summed E-state index contributed by atoms with van der Waals surface area (Å²) in [5, 5.41) is 2.80. The molecule has 248 valence electrons. The third-order valence-electron chi connectivity index (χ3n) is 8.16. The number of likely N-dealkylation sites (N-methyl/N-ethyl adjacent to an activating group) is 1. The van der Waals surface area contributed by atoms with Gasteiger partial charge in [0.05, 0.1) is 28.4 Å². The van der Waals surface area contributed by atoms with Crippen LogP contribution in [0.15, 0.2) is 59.5 Å². The molecule has 0 saturated carbocycles. The number of rotatable bonds is 10. The van der Waals surface area contributed by atoms with Crippen LogP contribution in [0.3, 0.4) is 0 Å². The lowest BCUT2D eigenvalue weighted by atomic mass is 10.1. The number of piperazine rings is 1. The molecule has 2 aliphatic rings. The van der Waals surface area contributed by atoms with Gasteiger partial charge in [-0.2, -0.15) is 17.5 Å². The van der Waals surface area contributed by atoms with Crippen molar-refractivity contribution in [1.82, 2.24) is 29.4 Å². The maximum Gasteiger partial charge on any atom is 0.416 e. The van der Waals surface area contributed by atoms with E-state index in [1.54, 1.807) is 6.07 Å². The van der Waals surface area contributed by atoms with E-state index in [-0.39, 0.29) is 18.0 Å². The number of aromatic nitrogens is 2. The first-order valence-electron chi connectivity index (χ1n) is 15.0. The number of alkyl halides is 3. The molecular weight excluding hydrogens is 626 g/mol. The first-order valence-corrected chi connectivity index (χ1v) is 16.5. The first kappa shape index (κ1) is 33.7. The zero-order valence-electron chi connectivity index (χ0n) is 25.7. The number of sulfonamides is 1. The molecule has 1 atom stereocenters. The highest BCUT2D eigenvalue weighted by Gasteiger charge is 2.39. The number of nitrogens with zero attached hydrogens (tertiary/aromatic N) is 6. The number of carbonyl (C=O) groups excluding carboxylic acids is 1. The van der Waals surface area contributed by atoms with E-state index >= 15 is 0 Å². The monoisotopic (exact) mass is 663 g/mol. The Labute approximate surface area is 266 Å². The molecule has 2 saturated heterocycles. The van der Waals surface area contributed by atoms with Crippen LogP contribution in [0.25, 0.3) is 11.3 Å². The van der Waals surface area contributed by atoms with Crippen molar-refractivity contribution in [1.29, 1.82) is 0 Å². The van der Waals surface area contributed by atoms with E-state index in [9.17, 15) is 30.8 Å². The van der Waals surface area contributed by atoms with Gasteiger partial charge in [-0.3, -0.25) is 9.69 Å². The van der Waals surface area contributed by atoms with Crippen molar-refractivity contribution in [3.8, 4) is 11.3 Å². The molecule has 0 unspecified atom stereocenters. The predicted molar refractivity (Wildman–Crippen MR) is 165 cm³/mol. The van der Waals surface area contributed by atoms with Crippen molar-refractivity contribution in [2.24, 2.45) is 0 Å². The van der Waals surface area contributed by atoms with Crippen LogP contribution in [-0.4, -0.2) is 104 Å². The largest absolute Gasteiger partial charge is 0.416 e. The molecule has 15 heteroatoms. The van der Waals surface area contributed by atoms with Crippen molar-refractivity contribution < 1.29 is 30.8 Å². The Hall–Kier alpha value is -3.66. The lowest BCUT2D eigenvalue weighted by Gasteiger charge is -2.35. The third kappa shape index (κ3) is 8.00. The van der Waals surface area contributed by atoms with Gasteiger partial charge in [0.15, 0.2) is 0 Å². The average molecular weight is 664 g/mol. The van der Waals surface area contributed by atoms with Crippen molar-refractivity contribution in [3.63, 3.8) is 0 Å². The van der Waals surface area contributed by atoms with Crippen molar-refractivity contribution in [2.45, 2.75) is 36.5 Å². The standard InChI is InChI=1S/C31H37F4N7O3S/c1-39(2)14-15-40-16-18-41(19-17-40)30-37-25(20-27(38-30)22-5-7-23(8-6-22)31(33,34)35)21-36-29(43)28-4-3-13-42(28)46(44,45)26-11-9-24(32)10-12-26/h5-12,20,28H,3-4,13-19,21H2,1-2H3,(H,36,43)/t28-/m0/s1. The second-order valence-electron chi connectivity index (χ2n) is 11.7. The van der Waals surface area contributed by atoms with Gasteiger partial charge in [-0.25, -0.2) is 22.8 Å². The van der Waals surface area contributed by atoms with Gasteiger partial charge in [0.1, 0.15) is 11.9 Å². The summed E-state index contributed by atoms with van der Waals surface area (Å²) in [6.07, 6.45) is -3.68. The molecule has 2 aromatic carbocycles. The second-order valence-corrected chi connectivity index (χ2v) is 13.6. The lowest BCUT2D eigenvalue weighted by Crippen LogP contribution is -2.48. The van der Waals surface area contributed by atoms with Crippen LogP contribution in [0.2, 0.25) is 0 Å². The number of amides is 1. The van der Waals surface area contributed by atoms with Gasteiger partial charge in [-0.1, -0.05) is 12.1 Å². The SMILES string of the molecule is CN(C)CCN1CCN(c2nc(CNC(=O)[C@@H]3CCCN3S(=O)(=O)c3ccc(F)cc3)cc(-c3ccc(C(F)(F)F)cc3)n2)CC1. The minimum atomic E-state index is -4.48. The van der Waals surface area contributed by atoms with Crippen molar-refractivity contribution >= 4 is 21.9 Å². The molecule has 1 amide bonds. The van der Waals surface area contributed by atoms with Crippen LogP contribution < -0.4 is 10.2 Å². The minimum Gasteiger partial charge on any atom is -0.349 e. The zero-order valence-corrected chi connectivity index (χ0v) is 26.5. The van der Waals surface area contributed by atoms with Crippen LogP contribution in [0, 0.1) is 5.82 Å². The maximum atomic E-state index is 13.4. The number of nitrogens with one attached hydrogen (secondary N) is 1. The highest BCUT2D eigenvalue weighted by molar-refractivity contribution is 7.89.